The molecule has 4 aromatic rings. The number of fused-ring (bicyclic) bond motifs is 2. The van der Waals surface area contributed by atoms with E-state index in [2.05, 4.69) is 10.1 Å². The SMILES string of the molecule is O=c1/c(=C/c2ccccc2[N+](=O)[O-])sc2nc([C@@H]3COc4ccccc4O3)nn12. The van der Waals surface area contributed by atoms with Gasteiger partial charge in [-0.2, -0.15) is 9.50 Å². The fourth-order valence-corrected chi connectivity index (χ4v) is 3.95. The molecular formula is C19H12N4O5S. The van der Waals surface area contributed by atoms with E-state index >= 15 is 0 Å². The normalized spacial score (nSPS) is 16.3. The Morgan fingerprint density at radius 3 is 2.72 bits per heavy atom. The van der Waals surface area contributed by atoms with Crippen LogP contribution in [0.5, 0.6) is 11.5 Å². The molecule has 5 rings (SSSR count). The second-order valence-electron chi connectivity index (χ2n) is 6.26. The molecule has 0 spiro atoms. The maximum absolute atomic E-state index is 12.7. The van der Waals surface area contributed by atoms with Crippen LogP contribution in [0.3, 0.4) is 0 Å². The zero-order chi connectivity index (χ0) is 20.0. The van der Waals surface area contributed by atoms with Crippen molar-refractivity contribution in [2.75, 3.05) is 6.61 Å². The zero-order valence-corrected chi connectivity index (χ0v) is 15.5. The van der Waals surface area contributed by atoms with E-state index < -0.39 is 11.0 Å². The second-order valence-corrected chi connectivity index (χ2v) is 7.27. The lowest BCUT2D eigenvalue weighted by atomic mass is 10.2. The molecule has 0 amide bonds. The van der Waals surface area contributed by atoms with E-state index in [-0.39, 0.29) is 17.9 Å². The average molecular weight is 408 g/mol. The van der Waals surface area contributed by atoms with Gasteiger partial charge in [-0.25, -0.2) is 0 Å². The van der Waals surface area contributed by atoms with Crippen LogP contribution in [0.2, 0.25) is 0 Å². The molecule has 9 nitrogen and oxygen atoms in total. The lowest BCUT2D eigenvalue weighted by Crippen LogP contribution is -2.26. The molecule has 10 heteroatoms. The largest absolute Gasteiger partial charge is 0.485 e. The molecule has 29 heavy (non-hydrogen) atoms. The average Bonchev–Trinajstić information content (AvgIpc) is 3.27. The van der Waals surface area contributed by atoms with Gasteiger partial charge in [-0.15, -0.1) is 5.10 Å². The Kier molecular flexibility index (Phi) is 3.98. The van der Waals surface area contributed by atoms with Crippen molar-refractivity contribution in [1.82, 2.24) is 14.6 Å². The van der Waals surface area contributed by atoms with E-state index in [0.29, 0.717) is 32.4 Å². The Bertz CT molecular complexity index is 1360. The number of rotatable bonds is 3. The number of nitrogens with zero attached hydrogens (tertiary/aromatic N) is 4. The van der Waals surface area contributed by atoms with E-state index in [4.69, 9.17) is 9.47 Å². The van der Waals surface area contributed by atoms with Gasteiger partial charge in [0.2, 0.25) is 4.96 Å². The van der Waals surface area contributed by atoms with E-state index in [0.717, 1.165) is 11.3 Å². The third-order valence-corrected chi connectivity index (χ3v) is 5.37. The molecule has 144 valence electrons. The van der Waals surface area contributed by atoms with Crippen molar-refractivity contribution < 1.29 is 14.4 Å². The van der Waals surface area contributed by atoms with Crippen molar-refractivity contribution in [1.29, 1.82) is 0 Å². The van der Waals surface area contributed by atoms with Crippen molar-refractivity contribution >= 4 is 28.1 Å². The summed E-state index contributed by atoms with van der Waals surface area (Å²) >= 11 is 1.11. The predicted molar refractivity (Wildman–Crippen MR) is 104 cm³/mol. The van der Waals surface area contributed by atoms with Gasteiger partial charge in [-0.1, -0.05) is 35.6 Å². The first-order valence-electron chi connectivity index (χ1n) is 8.63. The Hall–Kier alpha value is -3.79. The van der Waals surface area contributed by atoms with Crippen molar-refractivity contribution in [2.45, 2.75) is 6.10 Å². The van der Waals surface area contributed by atoms with E-state index in [1.54, 1.807) is 24.3 Å². The number of ether oxygens (including phenoxy) is 2. The number of nitro groups is 1. The van der Waals surface area contributed by atoms with Crippen LogP contribution in [0.25, 0.3) is 11.0 Å². The zero-order valence-electron chi connectivity index (χ0n) is 14.7. The summed E-state index contributed by atoms with van der Waals surface area (Å²) in [6.45, 7) is 0.234. The standard InChI is InChI=1S/C19H12N4O5S/c24-18-16(9-11-5-1-2-6-12(11)23(25)26)29-19-20-17(21-22(18)19)15-10-27-13-7-3-4-8-14(13)28-15/h1-9,15H,10H2/b16-9-/t15-/m0/s1. The van der Waals surface area contributed by atoms with Crippen LogP contribution in [-0.4, -0.2) is 26.1 Å². The highest BCUT2D eigenvalue weighted by atomic mass is 32.1. The Balaban J connectivity index is 1.52. The first-order chi connectivity index (χ1) is 14.1. The maximum atomic E-state index is 12.7. The molecular weight excluding hydrogens is 396 g/mol. The van der Waals surface area contributed by atoms with Crippen LogP contribution in [-0.2, 0) is 0 Å². The van der Waals surface area contributed by atoms with Gasteiger partial charge in [-0.3, -0.25) is 14.9 Å². The summed E-state index contributed by atoms with van der Waals surface area (Å²) in [4.78, 5) is 28.2. The van der Waals surface area contributed by atoms with Gasteiger partial charge in [0.05, 0.1) is 15.0 Å². The Labute approximate surface area is 166 Å². The maximum Gasteiger partial charge on any atom is 0.291 e. The first-order valence-corrected chi connectivity index (χ1v) is 9.45. The number of hydrogen-bond donors (Lipinski definition) is 0. The monoisotopic (exact) mass is 408 g/mol. The molecule has 0 unspecified atom stereocenters. The molecule has 2 aromatic carbocycles. The Morgan fingerprint density at radius 1 is 1.17 bits per heavy atom. The van der Waals surface area contributed by atoms with Gasteiger partial charge in [-0.05, 0) is 24.3 Å². The lowest BCUT2D eigenvalue weighted by molar-refractivity contribution is -0.385. The van der Waals surface area contributed by atoms with Crippen molar-refractivity contribution in [3.8, 4) is 11.5 Å². The van der Waals surface area contributed by atoms with E-state index in [1.165, 1.54) is 16.7 Å². The molecule has 1 aliphatic heterocycles. The van der Waals surface area contributed by atoms with E-state index in [9.17, 15) is 14.9 Å². The number of benzene rings is 2. The molecule has 0 radical (unpaired) electrons. The third-order valence-electron chi connectivity index (χ3n) is 4.41. The summed E-state index contributed by atoms with van der Waals surface area (Å²) < 4.78 is 13.1. The highest BCUT2D eigenvalue weighted by Crippen LogP contribution is 2.35. The van der Waals surface area contributed by atoms with Gasteiger partial charge in [0, 0.05) is 6.07 Å². The minimum absolute atomic E-state index is 0.0713. The minimum atomic E-state index is -0.529. The smallest absolute Gasteiger partial charge is 0.291 e. The summed E-state index contributed by atoms with van der Waals surface area (Å²) in [7, 11) is 0. The molecule has 1 aliphatic rings. The van der Waals surface area contributed by atoms with Gasteiger partial charge in [0.25, 0.3) is 11.2 Å². The molecule has 1 atom stereocenters. The van der Waals surface area contributed by atoms with Crippen LogP contribution in [0, 0.1) is 10.1 Å². The fraction of sp³-hybridized carbons (Fsp3) is 0.105. The molecule has 2 aromatic heterocycles. The third kappa shape index (κ3) is 2.99. The van der Waals surface area contributed by atoms with Crippen LogP contribution in [0.15, 0.2) is 53.3 Å². The molecule has 0 aliphatic carbocycles. The fourth-order valence-electron chi connectivity index (χ4n) is 3.05. The van der Waals surface area contributed by atoms with Crippen LogP contribution in [0.1, 0.15) is 17.5 Å². The van der Waals surface area contributed by atoms with Gasteiger partial charge < -0.3 is 9.47 Å². The van der Waals surface area contributed by atoms with Crippen molar-refractivity contribution in [2.24, 2.45) is 0 Å². The quantitative estimate of drug-likeness (QED) is 0.377. The number of hydrogen-bond acceptors (Lipinski definition) is 8. The topological polar surface area (TPSA) is 109 Å². The molecule has 0 fully saturated rings. The van der Waals surface area contributed by atoms with Crippen LogP contribution < -0.4 is 19.6 Å². The number of aromatic nitrogens is 3. The van der Waals surface area contributed by atoms with E-state index in [1.807, 2.05) is 18.2 Å². The minimum Gasteiger partial charge on any atom is -0.485 e. The highest BCUT2D eigenvalue weighted by molar-refractivity contribution is 7.15. The van der Waals surface area contributed by atoms with Gasteiger partial charge in [0.1, 0.15) is 6.61 Å². The Morgan fingerprint density at radius 2 is 1.93 bits per heavy atom. The highest BCUT2D eigenvalue weighted by Gasteiger charge is 2.27. The van der Waals surface area contributed by atoms with Crippen molar-refractivity contribution in [3.05, 3.63) is 84.9 Å². The molecule has 0 saturated carbocycles. The predicted octanol–water partition coefficient (Wildman–Crippen LogP) is 2.12. The summed E-state index contributed by atoms with van der Waals surface area (Å²) in [5.74, 6) is 1.59. The van der Waals surface area contributed by atoms with Crippen LogP contribution in [0.4, 0.5) is 5.69 Å². The summed E-state index contributed by atoms with van der Waals surface area (Å²) in [6, 6.07) is 13.5. The van der Waals surface area contributed by atoms with Gasteiger partial charge in [0.15, 0.2) is 23.4 Å². The molecule has 0 bridgehead atoms. The molecule has 0 saturated heterocycles. The summed E-state index contributed by atoms with van der Waals surface area (Å²) in [6.07, 6.45) is 0.955. The molecule has 3 heterocycles. The summed E-state index contributed by atoms with van der Waals surface area (Å²) in [5.41, 5.74) is -0.114. The van der Waals surface area contributed by atoms with Crippen molar-refractivity contribution in [3.63, 3.8) is 0 Å². The lowest BCUT2D eigenvalue weighted by Gasteiger charge is -2.24. The van der Waals surface area contributed by atoms with Crippen LogP contribution >= 0.6 is 11.3 Å². The number of para-hydroxylation sites is 3. The first kappa shape index (κ1) is 17.3. The number of thiazole rings is 1. The van der Waals surface area contributed by atoms with Gasteiger partial charge >= 0.3 is 0 Å². The molecule has 0 N–H and O–H groups in total. The number of nitro benzene ring substituents is 1. The summed E-state index contributed by atoms with van der Waals surface area (Å²) in [5, 5.41) is 15.5. The second kappa shape index (κ2) is 6.67.